The van der Waals surface area contributed by atoms with Gasteiger partial charge in [0.2, 0.25) is 5.91 Å². The minimum absolute atomic E-state index is 0.148. The molecule has 0 aliphatic heterocycles. The zero-order valence-electron chi connectivity index (χ0n) is 13.5. The molecule has 1 aliphatic rings. The van der Waals surface area contributed by atoms with Crippen LogP contribution in [0.1, 0.15) is 49.3 Å². The van der Waals surface area contributed by atoms with Gasteiger partial charge in [0.1, 0.15) is 0 Å². The summed E-state index contributed by atoms with van der Waals surface area (Å²) in [6, 6.07) is 6.87. The normalized spacial score (nSPS) is 23.0. The number of hydrogen-bond acceptors (Lipinski definition) is 2. The van der Waals surface area contributed by atoms with Crippen LogP contribution >= 0.6 is 0 Å². The van der Waals surface area contributed by atoms with Crippen molar-refractivity contribution in [2.75, 3.05) is 0 Å². The van der Waals surface area contributed by atoms with E-state index >= 15 is 0 Å². The predicted octanol–water partition coefficient (Wildman–Crippen LogP) is 2.87. The molecule has 3 heteroatoms. The van der Waals surface area contributed by atoms with Gasteiger partial charge in [-0.2, -0.15) is 0 Å². The third kappa shape index (κ3) is 4.57. The molecule has 1 aromatic carbocycles. The van der Waals surface area contributed by atoms with Crippen LogP contribution in [0.5, 0.6) is 0 Å². The van der Waals surface area contributed by atoms with Crippen molar-refractivity contribution in [2.45, 2.75) is 65.0 Å². The van der Waals surface area contributed by atoms with Gasteiger partial charge in [-0.25, -0.2) is 0 Å². The molecule has 116 valence electrons. The first-order chi connectivity index (χ1) is 9.95. The maximum atomic E-state index is 12.1. The van der Waals surface area contributed by atoms with E-state index in [0.717, 1.165) is 25.7 Å². The molecule has 1 aromatic rings. The molecular weight excluding hydrogens is 260 g/mol. The smallest absolute Gasteiger partial charge is 0.220 e. The number of carbonyl (C=O) groups excluding carboxylic acids is 1. The minimum Gasteiger partial charge on any atom is -0.353 e. The van der Waals surface area contributed by atoms with Gasteiger partial charge in [-0.1, -0.05) is 30.2 Å². The molecule has 1 saturated carbocycles. The van der Waals surface area contributed by atoms with Crippen LogP contribution in [0, 0.1) is 19.8 Å². The number of benzene rings is 1. The second-order valence-corrected chi connectivity index (χ2v) is 6.66. The first-order valence-electron chi connectivity index (χ1n) is 8.06. The first kappa shape index (κ1) is 16.0. The second-order valence-electron chi connectivity index (χ2n) is 6.66. The summed E-state index contributed by atoms with van der Waals surface area (Å²) in [5.74, 6) is 0.521. The van der Waals surface area contributed by atoms with E-state index in [4.69, 9.17) is 5.73 Å². The highest BCUT2D eigenvalue weighted by atomic mass is 16.1. The highest BCUT2D eigenvalue weighted by molar-refractivity contribution is 5.76. The van der Waals surface area contributed by atoms with Crippen LogP contribution in [0.25, 0.3) is 0 Å². The van der Waals surface area contributed by atoms with Gasteiger partial charge in [0.15, 0.2) is 0 Å². The molecule has 3 nitrogen and oxygen atoms in total. The van der Waals surface area contributed by atoms with Gasteiger partial charge in [-0.3, -0.25) is 4.79 Å². The Hall–Kier alpha value is -1.35. The van der Waals surface area contributed by atoms with E-state index in [2.05, 4.69) is 44.3 Å². The lowest BCUT2D eigenvalue weighted by Gasteiger charge is -2.19. The van der Waals surface area contributed by atoms with E-state index in [1.165, 1.54) is 16.7 Å². The molecule has 1 aliphatic carbocycles. The molecular formula is C18H28N2O. The fourth-order valence-electron chi connectivity index (χ4n) is 3.35. The van der Waals surface area contributed by atoms with E-state index < -0.39 is 0 Å². The Morgan fingerprint density at radius 3 is 2.76 bits per heavy atom. The third-order valence-electron chi connectivity index (χ3n) is 4.60. The fourth-order valence-corrected chi connectivity index (χ4v) is 3.35. The highest BCUT2D eigenvalue weighted by Gasteiger charge is 2.26. The lowest BCUT2D eigenvalue weighted by molar-refractivity contribution is -0.122. The number of nitrogens with one attached hydrogen (secondary N) is 1. The van der Waals surface area contributed by atoms with E-state index in [1.807, 2.05) is 0 Å². The summed E-state index contributed by atoms with van der Waals surface area (Å²) in [6.07, 6.45) is 4.79. The standard InChI is InChI=1S/C18H28N2O/c1-12-7-8-15(13(2)9-12)10-14(3)20-18(21)11-16-5-4-6-17(16)19/h7-9,14,16-17H,4-6,10-11,19H2,1-3H3,(H,20,21)/t14?,16-,17+/m0/s1. The summed E-state index contributed by atoms with van der Waals surface area (Å²) in [7, 11) is 0. The average molecular weight is 288 g/mol. The maximum absolute atomic E-state index is 12.1. The van der Waals surface area contributed by atoms with Crippen molar-refractivity contribution in [1.29, 1.82) is 0 Å². The van der Waals surface area contributed by atoms with Crippen molar-refractivity contribution in [1.82, 2.24) is 5.32 Å². The molecule has 0 saturated heterocycles. The summed E-state index contributed by atoms with van der Waals surface area (Å²) < 4.78 is 0. The largest absolute Gasteiger partial charge is 0.353 e. The fraction of sp³-hybridized carbons (Fsp3) is 0.611. The van der Waals surface area contributed by atoms with E-state index in [-0.39, 0.29) is 18.0 Å². The summed E-state index contributed by atoms with van der Waals surface area (Å²) in [5.41, 5.74) is 9.93. The number of amides is 1. The molecule has 3 N–H and O–H groups in total. The van der Waals surface area contributed by atoms with Crippen molar-refractivity contribution in [3.8, 4) is 0 Å². The monoisotopic (exact) mass is 288 g/mol. The highest BCUT2D eigenvalue weighted by Crippen LogP contribution is 2.26. The van der Waals surface area contributed by atoms with Crippen LogP contribution in [-0.4, -0.2) is 18.0 Å². The number of hydrogen-bond donors (Lipinski definition) is 2. The van der Waals surface area contributed by atoms with Crippen LogP contribution in [0.15, 0.2) is 18.2 Å². The number of carbonyl (C=O) groups is 1. The third-order valence-corrected chi connectivity index (χ3v) is 4.60. The molecule has 1 fully saturated rings. The zero-order valence-corrected chi connectivity index (χ0v) is 13.5. The van der Waals surface area contributed by atoms with E-state index in [0.29, 0.717) is 12.3 Å². The minimum atomic E-state index is 0.148. The summed E-state index contributed by atoms with van der Waals surface area (Å²) in [4.78, 5) is 12.1. The first-order valence-corrected chi connectivity index (χ1v) is 8.06. The summed E-state index contributed by atoms with van der Waals surface area (Å²) >= 11 is 0. The quantitative estimate of drug-likeness (QED) is 0.875. The van der Waals surface area contributed by atoms with E-state index in [1.54, 1.807) is 0 Å². The van der Waals surface area contributed by atoms with Crippen molar-refractivity contribution >= 4 is 5.91 Å². The van der Waals surface area contributed by atoms with Gasteiger partial charge in [0.05, 0.1) is 0 Å². The molecule has 1 amide bonds. The Morgan fingerprint density at radius 2 is 2.14 bits per heavy atom. The number of rotatable bonds is 5. The van der Waals surface area contributed by atoms with Gasteiger partial charge in [0.25, 0.3) is 0 Å². The van der Waals surface area contributed by atoms with Gasteiger partial charge in [0, 0.05) is 18.5 Å². The summed E-state index contributed by atoms with van der Waals surface area (Å²) in [5, 5.41) is 3.12. The van der Waals surface area contributed by atoms with Gasteiger partial charge in [-0.15, -0.1) is 0 Å². The summed E-state index contributed by atoms with van der Waals surface area (Å²) in [6.45, 7) is 6.31. The zero-order chi connectivity index (χ0) is 15.4. The van der Waals surface area contributed by atoms with Crippen LogP contribution in [0.4, 0.5) is 0 Å². The predicted molar refractivity (Wildman–Crippen MR) is 87.2 cm³/mol. The molecule has 0 radical (unpaired) electrons. The molecule has 0 bridgehead atoms. The average Bonchev–Trinajstić information content (AvgIpc) is 2.78. The van der Waals surface area contributed by atoms with Crippen LogP contribution in [0.3, 0.4) is 0 Å². The van der Waals surface area contributed by atoms with Crippen molar-refractivity contribution in [3.63, 3.8) is 0 Å². The molecule has 1 unspecified atom stereocenters. The second kappa shape index (κ2) is 7.08. The lowest BCUT2D eigenvalue weighted by Crippen LogP contribution is -2.37. The van der Waals surface area contributed by atoms with Crippen LogP contribution in [0.2, 0.25) is 0 Å². The van der Waals surface area contributed by atoms with Crippen LogP contribution in [-0.2, 0) is 11.2 Å². The Balaban J connectivity index is 1.83. The maximum Gasteiger partial charge on any atom is 0.220 e. The van der Waals surface area contributed by atoms with Crippen molar-refractivity contribution in [2.24, 2.45) is 11.7 Å². The molecule has 0 heterocycles. The lowest BCUT2D eigenvalue weighted by atomic mass is 9.98. The van der Waals surface area contributed by atoms with Gasteiger partial charge in [-0.05, 0) is 57.1 Å². The molecule has 3 atom stereocenters. The van der Waals surface area contributed by atoms with Crippen LogP contribution < -0.4 is 11.1 Å². The van der Waals surface area contributed by atoms with E-state index in [9.17, 15) is 4.79 Å². The molecule has 0 spiro atoms. The SMILES string of the molecule is Cc1ccc(CC(C)NC(=O)C[C@@H]2CCC[C@H]2N)c(C)c1. The van der Waals surface area contributed by atoms with Crippen molar-refractivity contribution in [3.05, 3.63) is 34.9 Å². The Bertz CT molecular complexity index is 498. The Morgan fingerprint density at radius 1 is 1.38 bits per heavy atom. The molecule has 21 heavy (non-hydrogen) atoms. The number of nitrogens with two attached hydrogens (primary N) is 1. The topological polar surface area (TPSA) is 55.1 Å². The molecule has 0 aromatic heterocycles. The molecule has 2 rings (SSSR count). The van der Waals surface area contributed by atoms with Gasteiger partial charge < -0.3 is 11.1 Å². The van der Waals surface area contributed by atoms with Crippen molar-refractivity contribution < 1.29 is 4.79 Å². The Labute approximate surface area is 128 Å². The number of aryl methyl sites for hydroxylation is 2. The van der Waals surface area contributed by atoms with Gasteiger partial charge >= 0.3 is 0 Å². The Kier molecular flexibility index (Phi) is 5.40.